The molecule has 3 aromatic rings. The van der Waals surface area contributed by atoms with E-state index in [-0.39, 0.29) is 0 Å². The Hall–Kier alpha value is -2.30. The fourth-order valence-electron chi connectivity index (χ4n) is 1.96. The number of alkyl halides is 3. The Balaban J connectivity index is 2.10. The van der Waals surface area contributed by atoms with E-state index in [4.69, 9.17) is 4.42 Å². The van der Waals surface area contributed by atoms with Crippen LogP contribution in [0.2, 0.25) is 0 Å². The number of benzene rings is 2. The van der Waals surface area contributed by atoms with Crippen molar-refractivity contribution in [2.75, 3.05) is 0 Å². The molecule has 0 atom stereocenters. The van der Waals surface area contributed by atoms with E-state index in [1.165, 1.54) is 18.5 Å². The van der Waals surface area contributed by atoms with Crippen molar-refractivity contribution in [2.24, 2.45) is 0 Å². The topological polar surface area (TPSA) is 26.0 Å². The molecule has 1 aromatic heterocycles. The summed E-state index contributed by atoms with van der Waals surface area (Å²) in [7, 11) is 0. The second kappa shape index (κ2) is 4.12. The van der Waals surface area contributed by atoms with Gasteiger partial charge in [0.2, 0.25) is 0 Å². The molecule has 0 bridgehead atoms. The van der Waals surface area contributed by atoms with E-state index in [2.05, 4.69) is 4.98 Å². The van der Waals surface area contributed by atoms with E-state index in [1.54, 1.807) is 18.2 Å². The van der Waals surface area contributed by atoms with Crippen LogP contribution < -0.4 is 0 Å². The standard InChI is InChI=1S/C14H8F3NO/c15-14(16,17)10-6-4-9(5-7-10)11-2-1-3-12-13(11)18-8-19-12/h1-8H. The summed E-state index contributed by atoms with van der Waals surface area (Å²) in [6.45, 7) is 0. The normalized spacial score (nSPS) is 11.9. The van der Waals surface area contributed by atoms with E-state index in [0.29, 0.717) is 16.7 Å². The maximum Gasteiger partial charge on any atom is 0.416 e. The van der Waals surface area contributed by atoms with Crippen LogP contribution in [0.1, 0.15) is 5.56 Å². The maximum absolute atomic E-state index is 12.5. The molecule has 0 amide bonds. The average molecular weight is 263 g/mol. The van der Waals surface area contributed by atoms with Crippen LogP contribution in [-0.4, -0.2) is 4.98 Å². The average Bonchev–Trinajstić information content (AvgIpc) is 2.86. The smallest absolute Gasteiger partial charge is 0.416 e. The van der Waals surface area contributed by atoms with Crippen LogP contribution in [0, 0.1) is 0 Å². The second-order valence-corrected chi connectivity index (χ2v) is 4.08. The summed E-state index contributed by atoms with van der Waals surface area (Å²) in [6.07, 6.45) is -3.00. The van der Waals surface area contributed by atoms with Crippen LogP contribution in [0.25, 0.3) is 22.2 Å². The fourth-order valence-corrected chi connectivity index (χ4v) is 1.96. The van der Waals surface area contributed by atoms with Crippen molar-refractivity contribution in [2.45, 2.75) is 6.18 Å². The molecule has 0 aliphatic rings. The summed E-state index contributed by atoms with van der Waals surface area (Å²) in [5.41, 5.74) is 2.01. The van der Waals surface area contributed by atoms with Gasteiger partial charge in [-0.25, -0.2) is 4.98 Å². The van der Waals surface area contributed by atoms with Crippen molar-refractivity contribution in [3.63, 3.8) is 0 Å². The number of oxazole rings is 1. The molecule has 3 rings (SSSR count). The molecule has 0 aliphatic carbocycles. The minimum Gasteiger partial charge on any atom is -0.443 e. The third-order valence-electron chi connectivity index (χ3n) is 2.88. The molecule has 96 valence electrons. The van der Waals surface area contributed by atoms with E-state index in [0.717, 1.165) is 17.7 Å². The van der Waals surface area contributed by atoms with Gasteiger partial charge in [0, 0.05) is 5.56 Å². The third kappa shape index (κ3) is 2.07. The first-order valence-electron chi connectivity index (χ1n) is 5.55. The molecule has 2 aromatic carbocycles. The molecular weight excluding hydrogens is 255 g/mol. The van der Waals surface area contributed by atoms with Crippen molar-refractivity contribution in [1.82, 2.24) is 4.98 Å². The lowest BCUT2D eigenvalue weighted by Gasteiger charge is -2.07. The van der Waals surface area contributed by atoms with Gasteiger partial charge in [-0.2, -0.15) is 13.2 Å². The summed E-state index contributed by atoms with van der Waals surface area (Å²) in [5.74, 6) is 0. The minimum absolute atomic E-state index is 0.609. The van der Waals surface area contributed by atoms with Crippen molar-refractivity contribution in [1.29, 1.82) is 0 Å². The summed E-state index contributed by atoms with van der Waals surface area (Å²) in [6, 6.07) is 10.3. The highest BCUT2D eigenvalue weighted by Crippen LogP contribution is 2.32. The quantitative estimate of drug-likeness (QED) is 0.645. The lowest BCUT2D eigenvalue weighted by Crippen LogP contribution is -2.03. The van der Waals surface area contributed by atoms with Gasteiger partial charge in [0.05, 0.1) is 5.56 Å². The third-order valence-corrected chi connectivity index (χ3v) is 2.88. The van der Waals surface area contributed by atoms with Crippen molar-refractivity contribution in [3.8, 4) is 11.1 Å². The van der Waals surface area contributed by atoms with Gasteiger partial charge < -0.3 is 4.42 Å². The molecule has 2 nitrogen and oxygen atoms in total. The molecule has 0 saturated carbocycles. The predicted molar refractivity (Wildman–Crippen MR) is 64.4 cm³/mol. The van der Waals surface area contributed by atoms with Gasteiger partial charge in [-0.05, 0) is 23.8 Å². The fraction of sp³-hybridized carbons (Fsp3) is 0.0714. The molecule has 0 unspecified atom stereocenters. The van der Waals surface area contributed by atoms with Gasteiger partial charge in [0.15, 0.2) is 12.0 Å². The first-order valence-corrected chi connectivity index (χ1v) is 5.55. The lowest BCUT2D eigenvalue weighted by molar-refractivity contribution is -0.137. The summed E-state index contributed by atoms with van der Waals surface area (Å²) < 4.78 is 42.7. The van der Waals surface area contributed by atoms with Gasteiger partial charge in [-0.15, -0.1) is 0 Å². The Kier molecular flexibility index (Phi) is 2.55. The first-order chi connectivity index (χ1) is 9.05. The van der Waals surface area contributed by atoms with Crippen molar-refractivity contribution in [3.05, 3.63) is 54.4 Å². The zero-order valence-corrected chi connectivity index (χ0v) is 9.61. The number of hydrogen-bond donors (Lipinski definition) is 0. The Bertz CT molecular complexity index is 713. The molecule has 0 fully saturated rings. The van der Waals surface area contributed by atoms with E-state index < -0.39 is 11.7 Å². The highest BCUT2D eigenvalue weighted by Gasteiger charge is 2.30. The van der Waals surface area contributed by atoms with E-state index in [9.17, 15) is 13.2 Å². The summed E-state index contributed by atoms with van der Waals surface area (Å²) in [5, 5.41) is 0. The molecule has 1 heterocycles. The SMILES string of the molecule is FC(F)(F)c1ccc(-c2cccc3ocnc23)cc1. The lowest BCUT2D eigenvalue weighted by atomic mass is 10.0. The first kappa shape index (κ1) is 11.8. The minimum atomic E-state index is -4.32. The van der Waals surface area contributed by atoms with Crippen LogP contribution in [0.3, 0.4) is 0 Å². The number of aromatic nitrogens is 1. The molecule has 0 N–H and O–H groups in total. The van der Waals surface area contributed by atoms with Gasteiger partial charge in [0.1, 0.15) is 5.52 Å². The largest absolute Gasteiger partial charge is 0.443 e. The van der Waals surface area contributed by atoms with Crippen LogP contribution in [0.15, 0.2) is 53.3 Å². The van der Waals surface area contributed by atoms with Gasteiger partial charge in [0.25, 0.3) is 0 Å². The van der Waals surface area contributed by atoms with Crippen LogP contribution >= 0.6 is 0 Å². The van der Waals surface area contributed by atoms with Gasteiger partial charge >= 0.3 is 6.18 Å². The second-order valence-electron chi connectivity index (χ2n) is 4.08. The number of hydrogen-bond acceptors (Lipinski definition) is 2. The van der Waals surface area contributed by atoms with Crippen LogP contribution in [-0.2, 0) is 6.18 Å². The zero-order chi connectivity index (χ0) is 13.5. The highest BCUT2D eigenvalue weighted by atomic mass is 19.4. The predicted octanol–water partition coefficient (Wildman–Crippen LogP) is 4.51. The van der Waals surface area contributed by atoms with Gasteiger partial charge in [-0.1, -0.05) is 24.3 Å². The van der Waals surface area contributed by atoms with E-state index in [1.807, 2.05) is 0 Å². The number of para-hydroxylation sites is 1. The molecule has 5 heteroatoms. The van der Waals surface area contributed by atoms with Crippen molar-refractivity contribution < 1.29 is 17.6 Å². The number of halogens is 3. The molecule has 19 heavy (non-hydrogen) atoms. The summed E-state index contributed by atoms with van der Waals surface area (Å²) in [4.78, 5) is 4.08. The number of nitrogens with zero attached hydrogens (tertiary/aromatic N) is 1. The highest BCUT2D eigenvalue weighted by molar-refractivity contribution is 5.90. The monoisotopic (exact) mass is 263 g/mol. The molecule has 0 aliphatic heterocycles. The Morgan fingerprint density at radius 1 is 0.947 bits per heavy atom. The van der Waals surface area contributed by atoms with Crippen LogP contribution in [0.5, 0.6) is 0 Å². The van der Waals surface area contributed by atoms with Crippen molar-refractivity contribution >= 4 is 11.1 Å². The maximum atomic E-state index is 12.5. The van der Waals surface area contributed by atoms with Crippen LogP contribution in [0.4, 0.5) is 13.2 Å². The number of fused-ring (bicyclic) bond motifs is 1. The molecule has 0 spiro atoms. The summed E-state index contributed by atoms with van der Waals surface area (Å²) >= 11 is 0. The molecule has 0 saturated heterocycles. The zero-order valence-electron chi connectivity index (χ0n) is 9.61. The Morgan fingerprint density at radius 2 is 1.68 bits per heavy atom. The van der Waals surface area contributed by atoms with Gasteiger partial charge in [-0.3, -0.25) is 0 Å². The van der Waals surface area contributed by atoms with E-state index >= 15 is 0 Å². The molecular formula is C14H8F3NO. The Morgan fingerprint density at radius 3 is 2.37 bits per heavy atom. The molecule has 0 radical (unpaired) electrons. The number of rotatable bonds is 1. The Labute approximate surface area is 106 Å².